The highest BCUT2D eigenvalue weighted by Crippen LogP contribution is 2.45. The summed E-state index contributed by atoms with van der Waals surface area (Å²) in [6.45, 7) is 0. The molecule has 1 aliphatic rings. The van der Waals surface area contributed by atoms with Gasteiger partial charge in [-0.25, -0.2) is 9.97 Å². The van der Waals surface area contributed by atoms with E-state index >= 15 is 0 Å². The van der Waals surface area contributed by atoms with E-state index in [4.69, 9.17) is 0 Å². The minimum absolute atomic E-state index is 0.273. The second-order valence-electron chi connectivity index (χ2n) is 9.57. The Morgan fingerprint density at radius 1 is 0.500 bits per heavy atom. The van der Waals surface area contributed by atoms with Gasteiger partial charge < -0.3 is 0 Å². The van der Waals surface area contributed by atoms with Crippen LogP contribution in [-0.4, -0.2) is 21.5 Å². The van der Waals surface area contributed by atoms with Crippen LogP contribution in [-0.2, 0) is 12.4 Å². The average molecular weight is 675 g/mol. The molecule has 0 saturated heterocycles. The number of aromatic nitrogens is 2. The van der Waals surface area contributed by atoms with Crippen molar-refractivity contribution in [1.29, 1.82) is 0 Å². The zero-order chi connectivity index (χ0) is 31.0. The minimum atomic E-state index is -4.44. The van der Waals surface area contributed by atoms with Crippen molar-refractivity contribution in [2.45, 2.75) is 12.4 Å². The van der Waals surface area contributed by atoms with Crippen LogP contribution in [0.25, 0.3) is 40.7 Å². The van der Waals surface area contributed by atoms with E-state index in [1.54, 1.807) is 24.5 Å². The van der Waals surface area contributed by atoms with Gasteiger partial charge >= 0.3 is 12.4 Å². The van der Waals surface area contributed by atoms with Crippen LogP contribution in [0.4, 0.5) is 26.3 Å². The first-order chi connectivity index (χ1) is 20.9. The largest absolute Gasteiger partial charge is 0.416 e. The predicted octanol–water partition coefficient (Wildman–Crippen LogP) is 10.2. The van der Waals surface area contributed by atoms with Gasteiger partial charge in [-0.15, -0.1) is 45.3 Å². The maximum atomic E-state index is 13.5. The first-order valence-electron chi connectivity index (χ1n) is 12.5. The molecule has 0 spiro atoms. The molecule has 4 heterocycles. The maximum absolute atomic E-state index is 13.5. The number of carbonyl (C=O) groups is 2. The van der Waals surface area contributed by atoms with Crippen LogP contribution in [0.1, 0.15) is 41.6 Å². The van der Waals surface area contributed by atoms with Gasteiger partial charge in [-0.05, 0) is 36.4 Å². The number of alkyl halides is 6. The van der Waals surface area contributed by atoms with Crippen LogP contribution in [0.15, 0.2) is 73.1 Å². The zero-order valence-electron chi connectivity index (χ0n) is 21.5. The fourth-order valence-corrected chi connectivity index (χ4v) is 8.78. The third kappa shape index (κ3) is 5.01. The van der Waals surface area contributed by atoms with E-state index in [1.807, 2.05) is 0 Å². The number of rotatable bonds is 4. The number of hydrogen-bond donors (Lipinski definition) is 0. The molecule has 4 nitrogen and oxygen atoms in total. The molecule has 0 unspecified atom stereocenters. The summed E-state index contributed by atoms with van der Waals surface area (Å²) in [5.41, 5.74) is 0.0623. The summed E-state index contributed by atoms with van der Waals surface area (Å²) >= 11 is 4.79. The van der Waals surface area contributed by atoms with E-state index in [2.05, 4.69) is 9.97 Å². The summed E-state index contributed by atoms with van der Waals surface area (Å²) in [4.78, 5) is 38.8. The van der Waals surface area contributed by atoms with Gasteiger partial charge in [-0.2, -0.15) is 26.3 Å². The molecular weight excluding hydrogens is 663 g/mol. The van der Waals surface area contributed by atoms with E-state index in [0.29, 0.717) is 50.4 Å². The van der Waals surface area contributed by atoms with Gasteiger partial charge in [0.25, 0.3) is 0 Å². The quantitative estimate of drug-likeness (QED) is 0.174. The SMILES string of the molecule is O=C1c2cc(-c3cnc(-c4ccc(C(F)(F)F)cc4)s3)sc2C(=O)c2cc(-c3cnc(-c4ccc(C(F)(F)F)cc4)s3)sc21. The summed E-state index contributed by atoms with van der Waals surface area (Å²) in [6.07, 6.45) is -5.75. The Balaban J connectivity index is 1.14. The molecule has 220 valence electrons. The first-order valence-corrected chi connectivity index (χ1v) is 15.8. The van der Waals surface area contributed by atoms with Crippen molar-refractivity contribution in [2.24, 2.45) is 0 Å². The fourth-order valence-electron chi connectivity index (χ4n) is 4.59. The summed E-state index contributed by atoms with van der Waals surface area (Å²) in [7, 11) is 0. The molecule has 0 radical (unpaired) electrons. The van der Waals surface area contributed by atoms with E-state index in [9.17, 15) is 35.9 Å². The molecule has 6 aromatic rings. The Labute approximate surface area is 259 Å². The molecule has 0 N–H and O–H groups in total. The molecule has 0 fully saturated rings. The zero-order valence-corrected chi connectivity index (χ0v) is 24.8. The first kappa shape index (κ1) is 28.8. The Morgan fingerprint density at radius 2 is 0.864 bits per heavy atom. The molecule has 2 aromatic carbocycles. The Kier molecular flexibility index (Phi) is 6.73. The van der Waals surface area contributed by atoms with Crippen molar-refractivity contribution >= 4 is 56.9 Å². The van der Waals surface area contributed by atoms with Gasteiger partial charge in [0.15, 0.2) is 0 Å². The van der Waals surface area contributed by atoms with Crippen LogP contribution < -0.4 is 0 Å². The smallest absolute Gasteiger partial charge is 0.288 e. The molecule has 0 bridgehead atoms. The Hall–Kier alpha value is -3.98. The number of thiophene rings is 2. The topological polar surface area (TPSA) is 59.9 Å². The lowest BCUT2D eigenvalue weighted by atomic mass is 9.95. The lowest BCUT2D eigenvalue weighted by Crippen LogP contribution is -2.15. The van der Waals surface area contributed by atoms with E-state index < -0.39 is 23.5 Å². The number of nitrogens with zero attached hydrogens (tertiary/aromatic N) is 2. The van der Waals surface area contributed by atoms with E-state index in [1.165, 1.54) is 46.9 Å². The van der Waals surface area contributed by atoms with Crippen LogP contribution in [0.2, 0.25) is 0 Å². The van der Waals surface area contributed by atoms with E-state index in [-0.39, 0.29) is 22.7 Å². The number of hydrogen-bond acceptors (Lipinski definition) is 8. The molecule has 7 rings (SSSR count). The molecule has 4 aromatic heterocycles. The summed E-state index contributed by atoms with van der Waals surface area (Å²) in [5.74, 6) is -0.596. The number of benzene rings is 2. The number of carbonyl (C=O) groups excluding carboxylic acids is 2. The van der Waals surface area contributed by atoms with Gasteiger partial charge in [0.2, 0.25) is 11.6 Å². The second-order valence-corrected chi connectivity index (χ2v) is 13.7. The van der Waals surface area contributed by atoms with Crippen LogP contribution >= 0.6 is 45.3 Å². The standard InChI is InChI=1S/C30H12F6N2O2S4/c31-29(32,33)15-5-1-13(2-6-15)27-37-11-21(43-27)19-9-17-23(39)26-18(24(40)25(17)41-19)10-20(42-26)22-12-38-28(44-22)14-3-7-16(8-4-14)30(34,35)36/h1-12H. The Bertz CT molecular complexity index is 1880. The number of thiazole rings is 2. The van der Waals surface area contributed by atoms with Crippen molar-refractivity contribution in [1.82, 2.24) is 9.97 Å². The van der Waals surface area contributed by atoms with Gasteiger partial charge in [0.05, 0.1) is 30.6 Å². The number of halogens is 6. The fraction of sp³-hybridized carbons (Fsp3) is 0.0667. The molecule has 0 atom stereocenters. The third-order valence-electron chi connectivity index (χ3n) is 6.78. The highest BCUT2D eigenvalue weighted by Gasteiger charge is 2.35. The lowest BCUT2D eigenvalue weighted by Gasteiger charge is -2.08. The monoisotopic (exact) mass is 674 g/mol. The molecule has 1 aliphatic carbocycles. The normalized spacial score (nSPS) is 13.3. The summed E-state index contributed by atoms with van der Waals surface area (Å²) in [6, 6.07) is 12.7. The molecule has 0 amide bonds. The van der Waals surface area contributed by atoms with Crippen molar-refractivity contribution in [3.8, 4) is 40.7 Å². The van der Waals surface area contributed by atoms with Crippen molar-refractivity contribution in [3.63, 3.8) is 0 Å². The highest BCUT2D eigenvalue weighted by molar-refractivity contribution is 7.26. The van der Waals surface area contributed by atoms with Crippen molar-refractivity contribution in [2.75, 3.05) is 0 Å². The molecule has 44 heavy (non-hydrogen) atoms. The highest BCUT2D eigenvalue weighted by atomic mass is 32.1. The van der Waals surface area contributed by atoms with Crippen LogP contribution in [0.3, 0.4) is 0 Å². The lowest BCUT2D eigenvalue weighted by molar-refractivity contribution is -0.138. The predicted molar refractivity (Wildman–Crippen MR) is 159 cm³/mol. The summed E-state index contributed by atoms with van der Waals surface area (Å²) < 4.78 is 77.5. The van der Waals surface area contributed by atoms with E-state index in [0.717, 1.165) is 46.9 Å². The number of fused-ring (bicyclic) bond motifs is 2. The van der Waals surface area contributed by atoms with Crippen molar-refractivity contribution < 1.29 is 35.9 Å². The maximum Gasteiger partial charge on any atom is 0.416 e. The Morgan fingerprint density at radius 3 is 1.20 bits per heavy atom. The van der Waals surface area contributed by atoms with Gasteiger partial charge in [-0.3, -0.25) is 9.59 Å². The van der Waals surface area contributed by atoms with Gasteiger partial charge in [-0.1, -0.05) is 24.3 Å². The van der Waals surface area contributed by atoms with Crippen LogP contribution in [0, 0.1) is 0 Å². The second kappa shape index (κ2) is 10.3. The van der Waals surface area contributed by atoms with Crippen LogP contribution in [0.5, 0.6) is 0 Å². The summed E-state index contributed by atoms with van der Waals surface area (Å²) in [5, 5.41) is 1.00. The van der Waals surface area contributed by atoms with Crippen molar-refractivity contribution in [3.05, 3.63) is 105 Å². The average Bonchev–Trinajstić information content (AvgIpc) is 3.80. The minimum Gasteiger partial charge on any atom is -0.288 e. The molecule has 0 aliphatic heterocycles. The van der Waals surface area contributed by atoms with Gasteiger partial charge in [0.1, 0.15) is 10.0 Å². The van der Waals surface area contributed by atoms with Gasteiger partial charge in [0, 0.05) is 44.4 Å². The molecule has 0 saturated carbocycles. The molecular formula is C30H12F6N2O2S4. The third-order valence-corrected chi connectivity index (χ3v) is 11.5. The molecule has 14 heteroatoms. The number of ketones is 2.